The third-order valence-electron chi connectivity index (χ3n) is 11.1. The molecule has 0 spiro atoms. The molecule has 9 aromatic carbocycles. The van der Waals surface area contributed by atoms with Gasteiger partial charge in [-0.2, -0.15) is 0 Å². The highest BCUT2D eigenvalue weighted by Crippen LogP contribution is 2.51. The van der Waals surface area contributed by atoms with Crippen LogP contribution in [0.25, 0.3) is 84.9 Å². The number of hydrogen-bond donors (Lipinski definition) is 0. The van der Waals surface area contributed by atoms with Crippen LogP contribution in [-0.2, 0) is 0 Å². The lowest BCUT2D eigenvalue weighted by atomic mass is 9.87. The number of fused-ring (bicyclic) bond motifs is 6. The van der Waals surface area contributed by atoms with E-state index >= 15 is 0 Å². The average molecular weight is 762 g/mol. The molecule has 0 bridgehead atoms. The van der Waals surface area contributed by atoms with E-state index < -0.39 is 0 Å². The molecule has 0 saturated heterocycles. The predicted molar refractivity (Wildman–Crippen MR) is 249 cm³/mol. The molecule has 2 heterocycles. The second kappa shape index (κ2) is 14.1. The Kier molecular flexibility index (Phi) is 8.28. The van der Waals surface area contributed by atoms with Crippen molar-refractivity contribution < 1.29 is 0 Å². The van der Waals surface area contributed by atoms with Crippen LogP contribution in [0.15, 0.2) is 212 Å². The lowest BCUT2D eigenvalue weighted by Crippen LogP contribution is -2.13. The zero-order chi connectivity index (χ0) is 37.7. The van der Waals surface area contributed by atoms with Crippen molar-refractivity contribution in [3.63, 3.8) is 0 Å². The Morgan fingerprint density at radius 1 is 0.298 bits per heavy atom. The minimum atomic E-state index is 1.12. The second-order valence-electron chi connectivity index (χ2n) is 14.4. The van der Waals surface area contributed by atoms with Gasteiger partial charge in [0.1, 0.15) is 0 Å². The standard InChI is InChI=1S/C54H35NS2/c1-3-17-36(18-4-1)39-21-7-8-25-45(39)53-40(37-19-5-2-6-20-37)26-16-30-49(53)55(38-33-34-44-42-23-10-13-31-50(42)56-52(44)35-38)48-29-12-9-22-41(48)46-27-15-28-47-43-24-11-14-32-51(43)57-54(46)47/h1-35H. The van der Waals surface area contributed by atoms with E-state index in [4.69, 9.17) is 0 Å². The third-order valence-corrected chi connectivity index (χ3v) is 13.5. The molecule has 0 unspecified atom stereocenters. The molecule has 0 fully saturated rings. The van der Waals surface area contributed by atoms with Gasteiger partial charge in [-0.25, -0.2) is 0 Å². The number of hydrogen-bond acceptors (Lipinski definition) is 3. The molecule has 0 amide bonds. The summed E-state index contributed by atoms with van der Waals surface area (Å²) >= 11 is 3.75. The quantitative estimate of drug-likeness (QED) is 0.156. The van der Waals surface area contributed by atoms with Crippen molar-refractivity contribution in [2.45, 2.75) is 0 Å². The highest BCUT2D eigenvalue weighted by atomic mass is 32.1. The van der Waals surface area contributed by atoms with Gasteiger partial charge >= 0.3 is 0 Å². The van der Waals surface area contributed by atoms with Crippen LogP contribution in [-0.4, -0.2) is 0 Å². The van der Waals surface area contributed by atoms with Gasteiger partial charge in [0.2, 0.25) is 0 Å². The van der Waals surface area contributed by atoms with Gasteiger partial charge in [0.15, 0.2) is 0 Å². The van der Waals surface area contributed by atoms with Crippen LogP contribution in [0.4, 0.5) is 17.1 Å². The number of anilines is 3. The molecule has 0 aliphatic heterocycles. The molecule has 57 heavy (non-hydrogen) atoms. The van der Waals surface area contributed by atoms with Gasteiger partial charge in [-0.3, -0.25) is 0 Å². The summed E-state index contributed by atoms with van der Waals surface area (Å²) in [7, 11) is 0. The normalized spacial score (nSPS) is 11.5. The summed E-state index contributed by atoms with van der Waals surface area (Å²) in [5.74, 6) is 0. The smallest absolute Gasteiger partial charge is 0.0546 e. The fraction of sp³-hybridized carbons (Fsp3) is 0. The van der Waals surface area contributed by atoms with Crippen LogP contribution in [0.5, 0.6) is 0 Å². The number of benzene rings is 9. The Hall–Kier alpha value is -6.78. The Balaban J connectivity index is 1.24. The van der Waals surface area contributed by atoms with Gasteiger partial charge in [-0.15, -0.1) is 22.7 Å². The van der Waals surface area contributed by atoms with Crippen molar-refractivity contribution in [2.24, 2.45) is 0 Å². The minimum Gasteiger partial charge on any atom is -0.309 e. The van der Waals surface area contributed by atoms with E-state index in [1.807, 2.05) is 22.7 Å². The molecular formula is C54H35NS2. The lowest BCUT2D eigenvalue weighted by Gasteiger charge is -2.31. The van der Waals surface area contributed by atoms with Crippen molar-refractivity contribution in [3.05, 3.63) is 212 Å². The van der Waals surface area contributed by atoms with Gasteiger partial charge in [0.25, 0.3) is 0 Å². The molecule has 0 aliphatic rings. The van der Waals surface area contributed by atoms with Gasteiger partial charge in [-0.05, 0) is 64.2 Å². The molecule has 0 aliphatic carbocycles. The average Bonchev–Trinajstić information content (AvgIpc) is 3.86. The molecule has 2 aromatic heterocycles. The van der Waals surface area contributed by atoms with Gasteiger partial charge in [-0.1, -0.05) is 176 Å². The second-order valence-corrected chi connectivity index (χ2v) is 16.5. The first-order valence-electron chi connectivity index (χ1n) is 19.3. The first-order chi connectivity index (χ1) is 28.3. The van der Waals surface area contributed by atoms with Gasteiger partial charge in [0, 0.05) is 62.7 Å². The van der Waals surface area contributed by atoms with Crippen molar-refractivity contribution in [2.75, 3.05) is 4.90 Å². The fourth-order valence-electron chi connectivity index (χ4n) is 8.56. The maximum Gasteiger partial charge on any atom is 0.0546 e. The summed E-state index contributed by atoms with van der Waals surface area (Å²) < 4.78 is 5.18. The highest BCUT2D eigenvalue weighted by Gasteiger charge is 2.25. The van der Waals surface area contributed by atoms with Crippen LogP contribution < -0.4 is 4.90 Å². The van der Waals surface area contributed by atoms with Crippen molar-refractivity contribution in [3.8, 4) is 44.5 Å². The van der Waals surface area contributed by atoms with E-state index in [1.54, 1.807) is 0 Å². The molecule has 1 nitrogen and oxygen atoms in total. The molecule has 0 atom stereocenters. The van der Waals surface area contributed by atoms with Gasteiger partial charge < -0.3 is 4.90 Å². The van der Waals surface area contributed by atoms with Crippen LogP contribution in [0, 0.1) is 0 Å². The Morgan fingerprint density at radius 2 is 0.807 bits per heavy atom. The molecule has 0 radical (unpaired) electrons. The van der Waals surface area contributed by atoms with Crippen LogP contribution in [0.2, 0.25) is 0 Å². The molecule has 3 heteroatoms. The summed E-state index contributed by atoms with van der Waals surface area (Å²) in [6.45, 7) is 0. The monoisotopic (exact) mass is 761 g/mol. The SMILES string of the molecule is c1ccc(-c2ccccc2-c2c(-c3ccccc3)cccc2N(c2ccc3c(c2)sc2ccccc23)c2ccccc2-c2cccc3c2sc2ccccc23)cc1. The number of thiophene rings is 2. The van der Waals surface area contributed by atoms with Crippen LogP contribution in [0.1, 0.15) is 0 Å². The largest absolute Gasteiger partial charge is 0.309 e. The van der Waals surface area contributed by atoms with E-state index in [0.29, 0.717) is 0 Å². The summed E-state index contributed by atoms with van der Waals surface area (Å²) in [6.07, 6.45) is 0. The highest BCUT2D eigenvalue weighted by molar-refractivity contribution is 7.26. The lowest BCUT2D eigenvalue weighted by molar-refractivity contribution is 1.29. The number of para-hydroxylation sites is 1. The molecule has 11 rings (SSSR count). The summed E-state index contributed by atoms with van der Waals surface area (Å²) in [6, 6.07) is 77.7. The van der Waals surface area contributed by atoms with Crippen LogP contribution in [0.3, 0.4) is 0 Å². The van der Waals surface area contributed by atoms with E-state index in [9.17, 15) is 0 Å². The zero-order valence-corrected chi connectivity index (χ0v) is 32.6. The predicted octanol–water partition coefficient (Wildman–Crippen LogP) is 16.6. The Morgan fingerprint density at radius 3 is 1.58 bits per heavy atom. The van der Waals surface area contributed by atoms with Crippen LogP contribution >= 0.6 is 22.7 Å². The first-order valence-corrected chi connectivity index (χ1v) is 21.0. The van der Waals surface area contributed by atoms with Crippen molar-refractivity contribution in [1.82, 2.24) is 0 Å². The number of nitrogens with zero attached hydrogens (tertiary/aromatic N) is 1. The zero-order valence-electron chi connectivity index (χ0n) is 31.0. The topological polar surface area (TPSA) is 3.24 Å². The van der Waals surface area contributed by atoms with E-state index in [1.165, 1.54) is 84.9 Å². The molecule has 11 aromatic rings. The summed E-state index contributed by atoms with van der Waals surface area (Å²) in [5, 5.41) is 5.19. The summed E-state index contributed by atoms with van der Waals surface area (Å²) in [5.41, 5.74) is 12.9. The van der Waals surface area contributed by atoms with E-state index in [0.717, 1.165) is 17.1 Å². The maximum atomic E-state index is 2.52. The Labute approximate surface area is 340 Å². The maximum absolute atomic E-state index is 2.52. The molecule has 0 saturated carbocycles. The Bertz CT molecular complexity index is 3250. The molecule has 268 valence electrons. The van der Waals surface area contributed by atoms with Crippen molar-refractivity contribution >= 4 is 80.1 Å². The first kappa shape index (κ1) is 33.5. The van der Waals surface area contributed by atoms with E-state index in [-0.39, 0.29) is 0 Å². The third kappa shape index (κ3) is 5.74. The summed E-state index contributed by atoms with van der Waals surface area (Å²) in [4.78, 5) is 2.52. The fourth-order valence-corrected chi connectivity index (χ4v) is 10.9. The van der Waals surface area contributed by atoms with Crippen molar-refractivity contribution in [1.29, 1.82) is 0 Å². The molecular weight excluding hydrogens is 727 g/mol. The minimum absolute atomic E-state index is 1.12. The van der Waals surface area contributed by atoms with E-state index in [2.05, 4.69) is 217 Å². The van der Waals surface area contributed by atoms with Gasteiger partial charge in [0.05, 0.1) is 11.4 Å². The number of rotatable bonds is 7. The molecule has 0 N–H and O–H groups in total.